The summed E-state index contributed by atoms with van der Waals surface area (Å²) in [5, 5.41) is 0.856. The Morgan fingerprint density at radius 3 is 2.44 bits per heavy atom. The van der Waals surface area contributed by atoms with E-state index in [-0.39, 0.29) is 0 Å². The van der Waals surface area contributed by atoms with Crippen LogP contribution in [-0.4, -0.2) is 0 Å². The summed E-state index contributed by atoms with van der Waals surface area (Å²) in [5.41, 5.74) is 2.43. The van der Waals surface area contributed by atoms with Gasteiger partial charge >= 0.3 is 0 Å². The van der Waals surface area contributed by atoms with Crippen LogP contribution in [0.3, 0.4) is 0 Å². The van der Waals surface area contributed by atoms with Crippen LogP contribution in [0.2, 0.25) is 5.02 Å². The molecule has 0 amide bonds. The first-order valence-corrected chi connectivity index (χ1v) is 3.22. The largest absolute Gasteiger partial charge is 0.0837 e. The van der Waals surface area contributed by atoms with Crippen LogP contribution in [0.5, 0.6) is 0 Å². The van der Waals surface area contributed by atoms with Gasteiger partial charge in [-0.15, -0.1) is 0 Å². The maximum atomic E-state index is 5.81. The van der Waals surface area contributed by atoms with E-state index < -0.39 is 0 Å². The Morgan fingerprint density at radius 2 is 2.00 bits per heavy atom. The van der Waals surface area contributed by atoms with E-state index in [0.717, 1.165) is 5.02 Å². The second-order valence-electron chi connectivity index (χ2n) is 2.08. The van der Waals surface area contributed by atoms with E-state index in [9.17, 15) is 0 Å². The molecule has 0 saturated carbocycles. The molecule has 2 rings (SSSR count). The van der Waals surface area contributed by atoms with Crippen LogP contribution in [0, 0.1) is 0 Å². The third-order valence-electron chi connectivity index (χ3n) is 1.52. The summed E-state index contributed by atoms with van der Waals surface area (Å²) in [6, 6.07) is 5.93. The molecule has 1 aromatic carbocycles. The maximum Gasteiger partial charge on any atom is 0.0484 e. The minimum absolute atomic E-state index is 0.856. The van der Waals surface area contributed by atoms with Gasteiger partial charge in [0.2, 0.25) is 0 Å². The maximum absolute atomic E-state index is 5.81. The lowest BCUT2D eigenvalue weighted by Crippen LogP contribution is -1.88. The standard InChI is InChI=1S/C8H5Cl/c9-8-3-1-2-6-4-5-7(6)8/h1-5H. The van der Waals surface area contributed by atoms with Crippen molar-refractivity contribution in [1.82, 2.24) is 0 Å². The normalized spacial score (nSPS) is 12.6. The van der Waals surface area contributed by atoms with Gasteiger partial charge in [-0.05, 0) is 11.6 Å². The lowest BCUT2D eigenvalue weighted by Gasteiger charge is -2.09. The predicted molar refractivity (Wildman–Crippen MR) is 40.4 cm³/mol. The van der Waals surface area contributed by atoms with Crippen molar-refractivity contribution in [3.05, 3.63) is 34.3 Å². The number of benzene rings is 1. The van der Waals surface area contributed by atoms with Crippen molar-refractivity contribution in [2.45, 2.75) is 0 Å². The fourth-order valence-corrected chi connectivity index (χ4v) is 1.20. The Labute approximate surface area is 58.8 Å². The molecule has 0 fully saturated rings. The zero-order valence-corrected chi connectivity index (χ0v) is 5.52. The van der Waals surface area contributed by atoms with E-state index >= 15 is 0 Å². The molecule has 0 unspecified atom stereocenters. The lowest BCUT2D eigenvalue weighted by atomic mass is 9.98. The molecule has 0 saturated heterocycles. The van der Waals surface area contributed by atoms with Crippen molar-refractivity contribution < 1.29 is 0 Å². The summed E-state index contributed by atoms with van der Waals surface area (Å²) in [5.74, 6) is 0. The van der Waals surface area contributed by atoms with Gasteiger partial charge in [-0.3, -0.25) is 0 Å². The predicted octanol–water partition coefficient (Wildman–Crippen LogP) is 2.82. The Hall–Kier alpha value is -0.750. The monoisotopic (exact) mass is 136 g/mol. The number of halogens is 1. The molecule has 0 radical (unpaired) electrons. The van der Waals surface area contributed by atoms with Crippen LogP contribution >= 0.6 is 11.6 Å². The first-order valence-electron chi connectivity index (χ1n) is 2.84. The van der Waals surface area contributed by atoms with Crippen molar-refractivity contribution in [3.63, 3.8) is 0 Å². The molecule has 0 bridgehead atoms. The summed E-state index contributed by atoms with van der Waals surface area (Å²) in [4.78, 5) is 0. The fraction of sp³-hybridized carbons (Fsp3) is 0. The minimum atomic E-state index is 0.856. The van der Waals surface area contributed by atoms with Gasteiger partial charge < -0.3 is 0 Å². The topological polar surface area (TPSA) is 0 Å². The van der Waals surface area contributed by atoms with Crippen LogP contribution in [0.15, 0.2) is 18.2 Å². The molecule has 1 aromatic rings. The first kappa shape index (κ1) is 5.07. The summed E-state index contributed by atoms with van der Waals surface area (Å²) in [6.07, 6.45) is 4.08. The summed E-state index contributed by atoms with van der Waals surface area (Å²) in [7, 11) is 0. The van der Waals surface area contributed by atoms with Crippen LogP contribution in [0.1, 0.15) is 11.1 Å². The molecule has 0 aromatic heterocycles. The number of hydrogen-bond acceptors (Lipinski definition) is 0. The minimum Gasteiger partial charge on any atom is -0.0837 e. The van der Waals surface area contributed by atoms with Crippen LogP contribution in [0.25, 0.3) is 12.2 Å². The van der Waals surface area contributed by atoms with E-state index in [1.807, 2.05) is 18.2 Å². The van der Waals surface area contributed by atoms with Gasteiger partial charge in [-0.1, -0.05) is 35.9 Å². The van der Waals surface area contributed by atoms with E-state index in [4.69, 9.17) is 11.6 Å². The fourth-order valence-electron chi connectivity index (χ4n) is 0.952. The Morgan fingerprint density at radius 1 is 1.11 bits per heavy atom. The average Bonchev–Trinajstić information content (AvgIpc) is 1.74. The molecule has 0 aliphatic heterocycles. The van der Waals surface area contributed by atoms with Crippen molar-refractivity contribution in [2.24, 2.45) is 0 Å². The van der Waals surface area contributed by atoms with Crippen molar-refractivity contribution in [2.75, 3.05) is 0 Å². The number of fused-ring (bicyclic) bond motifs is 1. The smallest absolute Gasteiger partial charge is 0.0484 e. The van der Waals surface area contributed by atoms with E-state index in [2.05, 4.69) is 12.1 Å². The van der Waals surface area contributed by atoms with Crippen LogP contribution in [0.4, 0.5) is 0 Å². The van der Waals surface area contributed by atoms with E-state index in [1.165, 1.54) is 11.1 Å². The number of rotatable bonds is 0. The molecular formula is C8H5Cl. The molecule has 9 heavy (non-hydrogen) atoms. The highest BCUT2D eigenvalue weighted by Gasteiger charge is 2.06. The molecule has 0 atom stereocenters. The van der Waals surface area contributed by atoms with Gasteiger partial charge in [-0.2, -0.15) is 0 Å². The van der Waals surface area contributed by atoms with Crippen LogP contribution < -0.4 is 0 Å². The highest BCUT2D eigenvalue weighted by Crippen LogP contribution is 2.29. The summed E-state index contributed by atoms with van der Waals surface area (Å²) in [6.45, 7) is 0. The Kier molecular flexibility index (Phi) is 0.908. The third kappa shape index (κ3) is 0.600. The molecule has 44 valence electrons. The van der Waals surface area contributed by atoms with E-state index in [1.54, 1.807) is 0 Å². The van der Waals surface area contributed by atoms with Crippen molar-refractivity contribution >= 4 is 23.8 Å². The quantitative estimate of drug-likeness (QED) is 0.523. The second kappa shape index (κ2) is 1.61. The van der Waals surface area contributed by atoms with Gasteiger partial charge in [0.15, 0.2) is 0 Å². The molecular weight excluding hydrogens is 132 g/mol. The van der Waals surface area contributed by atoms with Crippen LogP contribution in [-0.2, 0) is 0 Å². The molecule has 1 aliphatic rings. The van der Waals surface area contributed by atoms with Gasteiger partial charge in [0, 0.05) is 10.6 Å². The second-order valence-corrected chi connectivity index (χ2v) is 2.48. The molecule has 0 N–H and O–H groups in total. The molecule has 0 nitrogen and oxygen atoms in total. The SMILES string of the molecule is Clc1cccc2c1C=C2. The average molecular weight is 137 g/mol. The zero-order chi connectivity index (χ0) is 6.27. The summed E-state index contributed by atoms with van der Waals surface area (Å²) >= 11 is 5.81. The van der Waals surface area contributed by atoms with Crippen molar-refractivity contribution in [3.8, 4) is 0 Å². The van der Waals surface area contributed by atoms with E-state index in [0.29, 0.717) is 0 Å². The number of hydrogen-bond donors (Lipinski definition) is 0. The zero-order valence-electron chi connectivity index (χ0n) is 4.76. The highest BCUT2D eigenvalue weighted by molar-refractivity contribution is 6.33. The van der Waals surface area contributed by atoms with Gasteiger partial charge in [-0.25, -0.2) is 0 Å². The molecule has 0 spiro atoms. The van der Waals surface area contributed by atoms with Gasteiger partial charge in [0.05, 0.1) is 0 Å². The Balaban J connectivity index is 2.70. The third-order valence-corrected chi connectivity index (χ3v) is 1.85. The molecule has 0 heterocycles. The lowest BCUT2D eigenvalue weighted by molar-refractivity contribution is 1.58. The van der Waals surface area contributed by atoms with Crippen molar-refractivity contribution in [1.29, 1.82) is 0 Å². The first-order chi connectivity index (χ1) is 4.38. The molecule has 1 heteroatoms. The Bertz CT molecular complexity index is 274. The molecule has 1 aliphatic carbocycles. The highest BCUT2D eigenvalue weighted by atomic mass is 35.5. The summed E-state index contributed by atoms with van der Waals surface area (Å²) < 4.78 is 0. The van der Waals surface area contributed by atoms with Gasteiger partial charge in [0.25, 0.3) is 0 Å². The van der Waals surface area contributed by atoms with Gasteiger partial charge in [0.1, 0.15) is 0 Å².